The van der Waals surface area contributed by atoms with E-state index in [1.807, 2.05) is 19.2 Å². The van der Waals surface area contributed by atoms with E-state index >= 15 is 0 Å². The largest absolute Gasteiger partial charge is 0.495 e. The lowest BCUT2D eigenvalue weighted by Crippen LogP contribution is -2.47. The van der Waals surface area contributed by atoms with Crippen molar-refractivity contribution in [2.45, 2.75) is 24.7 Å². The number of ether oxygens (including phenoxy) is 1. The van der Waals surface area contributed by atoms with Crippen LogP contribution < -0.4 is 4.74 Å². The number of methoxy groups -OCH3 is 1. The van der Waals surface area contributed by atoms with Crippen LogP contribution >= 0.6 is 0 Å². The van der Waals surface area contributed by atoms with Gasteiger partial charge in [-0.05, 0) is 30.7 Å². The Morgan fingerprint density at radius 1 is 1.14 bits per heavy atom. The highest BCUT2D eigenvalue weighted by atomic mass is 32.2. The molecule has 1 aromatic carbocycles. The summed E-state index contributed by atoms with van der Waals surface area (Å²) in [5.41, 5.74) is 1.07. The number of hydrogen-bond acceptors (Lipinski definition) is 4. The molecule has 0 spiro atoms. The molecule has 0 atom stereocenters. The maximum Gasteiger partial charge on any atom is 0.246 e. The Hall–Kier alpha value is -1.11. The van der Waals surface area contributed by atoms with Gasteiger partial charge in [-0.1, -0.05) is 19.9 Å². The molecule has 1 heterocycles. The second kappa shape index (κ2) is 6.34. The number of nitrogens with zero attached hydrogens (tertiary/aromatic N) is 2. The highest BCUT2D eigenvalue weighted by molar-refractivity contribution is 7.89. The van der Waals surface area contributed by atoms with Crippen LogP contribution in [-0.2, 0) is 10.0 Å². The van der Waals surface area contributed by atoms with Crippen molar-refractivity contribution >= 4 is 10.0 Å². The smallest absolute Gasteiger partial charge is 0.246 e. The van der Waals surface area contributed by atoms with Gasteiger partial charge in [0.15, 0.2) is 0 Å². The summed E-state index contributed by atoms with van der Waals surface area (Å²) in [4.78, 5) is 2.39. The molecular formula is C15H24N2O3S. The third-order valence-electron chi connectivity index (χ3n) is 3.93. The number of benzene rings is 1. The summed E-state index contributed by atoms with van der Waals surface area (Å²) in [6.45, 7) is 6.70. The first-order valence-electron chi connectivity index (χ1n) is 7.23. The summed E-state index contributed by atoms with van der Waals surface area (Å²) >= 11 is 0. The minimum absolute atomic E-state index is 0.263. The third-order valence-corrected chi connectivity index (χ3v) is 5.87. The zero-order valence-electron chi connectivity index (χ0n) is 13.2. The van der Waals surface area contributed by atoms with Crippen LogP contribution in [0.25, 0.3) is 0 Å². The summed E-state index contributed by atoms with van der Waals surface area (Å²) in [7, 11) is 0.0293. The average molecular weight is 312 g/mol. The standard InChI is InChI=1S/C15H24N2O3S/c1-12(2)13-5-6-15(14(11-13)20-4)21(18,19)17-9-7-16(3)8-10-17/h5-6,11-12H,7-10H2,1-4H3. The summed E-state index contributed by atoms with van der Waals surface area (Å²) in [5.74, 6) is 0.763. The molecule has 6 heteroatoms. The summed E-state index contributed by atoms with van der Waals surface area (Å²) in [6.07, 6.45) is 0. The van der Waals surface area contributed by atoms with Gasteiger partial charge in [0.2, 0.25) is 10.0 Å². The second-order valence-corrected chi connectivity index (χ2v) is 7.68. The molecule has 2 rings (SSSR count). The number of sulfonamides is 1. The quantitative estimate of drug-likeness (QED) is 0.850. The molecule has 0 saturated carbocycles. The van der Waals surface area contributed by atoms with Crippen LogP contribution in [0, 0.1) is 0 Å². The van der Waals surface area contributed by atoms with Gasteiger partial charge in [0, 0.05) is 26.2 Å². The van der Waals surface area contributed by atoms with E-state index in [0.29, 0.717) is 24.8 Å². The average Bonchev–Trinajstić information content (AvgIpc) is 2.46. The Balaban J connectivity index is 2.35. The molecular weight excluding hydrogens is 288 g/mol. The van der Waals surface area contributed by atoms with Crippen LogP contribution in [0.4, 0.5) is 0 Å². The summed E-state index contributed by atoms with van der Waals surface area (Å²) in [5, 5.41) is 0. The molecule has 1 aromatic rings. The molecule has 1 fully saturated rings. The third kappa shape index (κ3) is 3.39. The van der Waals surface area contributed by atoms with Crippen molar-refractivity contribution in [1.82, 2.24) is 9.21 Å². The van der Waals surface area contributed by atoms with E-state index in [1.165, 1.54) is 7.11 Å². The minimum atomic E-state index is -3.49. The van der Waals surface area contributed by atoms with Crippen LogP contribution in [0.5, 0.6) is 5.75 Å². The lowest BCUT2D eigenvalue weighted by molar-refractivity contribution is 0.222. The van der Waals surface area contributed by atoms with E-state index in [9.17, 15) is 8.42 Å². The normalized spacial score (nSPS) is 18.1. The zero-order valence-corrected chi connectivity index (χ0v) is 14.0. The van der Waals surface area contributed by atoms with Gasteiger partial charge in [0.1, 0.15) is 10.6 Å². The van der Waals surface area contributed by atoms with Crippen molar-refractivity contribution in [1.29, 1.82) is 0 Å². The van der Waals surface area contributed by atoms with Crippen LogP contribution in [0.2, 0.25) is 0 Å². The first-order valence-corrected chi connectivity index (χ1v) is 8.67. The molecule has 21 heavy (non-hydrogen) atoms. The van der Waals surface area contributed by atoms with E-state index in [4.69, 9.17) is 4.74 Å². The minimum Gasteiger partial charge on any atom is -0.495 e. The van der Waals surface area contributed by atoms with Crippen molar-refractivity contribution in [2.24, 2.45) is 0 Å². The van der Waals surface area contributed by atoms with E-state index in [1.54, 1.807) is 10.4 Å². The Bertz CT molecular complexity index is 591. The Morgan fingerprint density at radius 2 is 1.76 bits per heavy atom. The first kappa shape index (κ1) is 16.3. The van der Waals surface area contributed by atoms with Crippen LogP contribution in [0.1, 0.15) is 25.3 Å². The highest BCUT2D eigenvalue weighted by Crippen LogP contribution is 2.30. The first-order chi connectivity index (χ1) is 9.86. The van der Waals surface area contributed by atoms with Gasteiger partial charge >= 0.3 is 0 Å². The van der Waals surface area contributed by atoms with Gasteiger partial charge in [0.05, 0.1) is 7.11 Å². The molecule has 0 radical (unpaired) electrons. The van der Waals surface area contributed by atoms with Crippen molar-refractivity contribution < 1.29 is 13.2 Å². The maximum atomic E-state index is 12.8. The van der Waals surface area contributed by atoms with Gasteiger partial charge in [0.25, 0.3) is 0 Å². The molecule has 0 unspecified atom stereocenters. The second-order valence-electron chi connectivity index (χ2n) is 5.77. The zero-order chi connectivity index (χ0) is 15.6. The molecule has 118 valence electrons. The fraction of sp³-hybridized carbons (Fsp3) is 0.600. The lowest BCUT2D eigenvalue weighted by Gasteiger charge is -2.31. The fourth-order valence-electron chi connectivity index (χ4n) is 2.42. The van der Waals surface area contributed by atoms with Gasteiger partial charge in [-0.25, -0.2) is 8.42 Å². The molecule has 0 aliphatic carbocycles. The predicted octanol–water partition coefficient (Wildman–Crippen LogP) is 1.75. The van der Waals surface area contributed by atoms with Crippen molar-refractivity contribution in [3.63, 3.8) is 0 Å². The van der Waals surface area contributed by atoms with E-state index in [0.717, 1.165) is 18.7 Å². The maximum absolute atomic E-state index is 12.8. The van der Waals surface area contributed by atoms with E-state index in [-0.39, 0.29) is 4.90 Å². The Morgan fingerprint density at radius 3 is 2.29 bits per heavy atom. The SMILES string of the molecule is COc1cc(C(C)C)ccc1S(=O)(=O)N1CCN(C)CC1. The van der Waals surface area contributed by atoms with Crippen molar-refractivity contribution in [3.8, 4) is 5.75 Å². The van der Waals surface area contributed by atoms with Crippen LogP contribution in [0.3, 0.4) is 0 Å². The van der Waals surface area contributed by atoms with Crippen LogP contribution in [-0.4, -0.2) is 58.0 Å². The van der Waals surface area contributed by atoms with Gasteiger partial charge in [-0.15, -0.1) is 0 Å². The molecule has 0 N–H and O–H groups in total. The number of hydrogen-bond donors (Lipinski definition) is 0. The topological polar surface area (TPSA) is 49.9 Å². The van der Waals surface area contributed by atoms with Crippen LogP contribution in [0.15, 0.2) is 23.1 Å². The lowest BCUT2D eigenvalue weighted by atomic mass is 10.0. The Kier molecular flexibility index (Phi) is 4.91. The molecule has 0 bridgehead atoms. The molecule has 0 amide bonds. The van der Waals surface area contributed by atoms with Gasteiger partial charge in [-0.2, -0.15) is 4.31 Å². The van der Waals surface area contributed by atoms with Gasteiger partial charge < -0.3 is 9.64 Å². The monoisotopic (exact) mass is 312 g/mol. The Labute approximate surface area is 127 Å². The molecule has 0 aromatic heterocycles. The van der Waals surface area contributed by atoms with E-state index in [2.05, 4.69) is 18.7 Å². The summed E-state index contributed by atoms with van der Waals surface area (Å²) < 4.78 is 32.4. The number of rotatable bonds is 4. The molecule has 1 aliphatic heterocycles. The van der Waals surface area contributed by atoms with Crippen molar-refractivity contribution in [3.05, 3.63) is 23.8 Å². The fourth-order valence-corrected chi connectivity index (χ4v) is 3.98. The van der Waals surface area contributed by atoms with Gasteiger partial charge in [-0.3, -0.25) is 0 Å². The van der Waals surface area contributed by atoms with Crippen molar-refractivity contribution in [2.75, 3.05) is 40.3 Å². The summed E-state index contributed by atoms with van der Waals surface area (Å²) in [6, 6.07) is 5.37. The predicted molar refractivity (Wildman–Crippen MR) is 83.3 cm³/mol. The van der Waals surface area contributed by atoms with E-state index < -0.39 is 10.0 Å². The molecule has 1 aliphatic rings. The molecule has 5 nitrogen and oxygen atoms in total. The number of piperazine rings is 1. The number of likely N-dealkylation sites (N-methyl/N-ethyl adjacent to an activating group) is 1. The molecule has 1 saturated heterocycles. The highest BCUT2D eigenvalue weighted by Gasteiger charge is 2.30.